The van der Waals surface area contributed by atoms with E-state index >= 15 is 0 Å². The highest BCUT2D eigenvalue weighted by molar-refractivity contribution is 5.63. The summed E-state index contributed by atoms with van der Waals surface area (Å²) in [6, 6.07) is 19.8. The van der Waals surface area contributed by atoms with Gasteiger partial charge in [-0.15, -0.1) is 0 Å². The summed E-state index contributed by atoms with van der Waals surface area (Å²) in [4.78, 5) is 15.5. The highest BCUT2D eigenvalue weighted by Gasteiger charge is 2.26. The number of ether oxygens (including phenoxy) is 2. The number of aliphatic hydroxyl groups is 1. The summed E-state index contributed by atoms with van der Waals surface area (Å²) in [6.07, 6.45) is 0.161. The summed E-state index contributed by atoms with van der Waals surface area (Å²) >= 11 is 0. The van der Waals surface area contributed by atoms with Crippen molar-refractivity contribution in [1.29, 1.82) is 0 Å². The van der Waals surface area contributed by atoms with Crippen LogP contribution in [0.5, 0.6) is 11.8 Å². The summed E-state index contributed by atoms with van der Waals surface area (Å²) in [6.45, 7) is 0.860. The van der Waals surface area contributed by atoms with Gasteiger partial charge in [0.2, 0.25) is 0 Å². The van der Waals surface area contributed by atoms with Gasteiger partial charge in [-0.1, -0.05) is 42.5 Å². The Bertz CT molecular complexity index is 968. The molecule has 0 unspecified atom stereocenters. The molecule has 2 aromatic carbocycles. The monoisotopic (exact) mass is 364 g/mol. The van der Waals surface area contributed by atoms with Crippen LogP contribution in [0.3, 0.4) is 0 Å². The van der Waals surface area contributed by atoms with E-state index in [0.29, 0.717) is 25.6 Å². The smallest absolute Gasteiger partial charge is 0.300 e. The molecule has 138 valence electrons. The molecular formula is C21H20N2O4. The molecule has 0 saturated carbocycles. The van der Waals surface area contributed by atoms with Gasteiger partial charge in [-0.05, 0) is 23.3 Å². The molecule has 0 amide bonds. The maximum Gasteiger partial charge on any atom is 0.300 e. The fourth-order valence-electron chi connectivity index (χ4n) is 3.18. The first-order chi connectivity index (χ1) is 13.2. The molecule has 2 heterocycles. The third kappa shape index (κ3) is 3.85. The maximum atomic E-state index is 11.6. The van der Waals surface area contributed by atoms with Crippen molar-refractivity contribution >= 4 is 0 Å². The lowest BCUT2D eigenvalue weighted by Gasteiger charge is -2.11. The predicted octanol–water partition coefficient (Wildman–Crippen LogP) is 2.29. The molecule has 6 nitrogen and oxygen atoms in total. The zero-order chi connectivity index (χ0) is 18.6. The standard InChI is InChI=1S/C21H20N2O4/c24-11-10-17-12-20(25)22-21-23(17)13-19(27-21)14-26-18-8-6-16(7-9-18)15-4-2-1-3-5-15/h1-9,12,19,24H,10-11,13-14H2/t19-/m0/s1. The summed E-state index contributed by atoms with van der Waals surface area (Å²) < 4.78 is 13.4. The quantitative estimate of drug-likeness (QED) is 0.726. The molecule has 0 radical (unpaired) electrons. The van der Waals surface area contributed by atoms with E-state index in [2.05, 4.69) is 17.1 Å². The Kier molecular flexibility index (Phi) is 4.89. The van der Waals surface area contributed by atoms with Crippen LogP contribution in [0.2, 0.25) is 0 Å². The zero-order valence-electron chi connectivity index (χ0n) is 14.7. The molecule has 0 saturated heterocycles. The molecule has 0 bridgehead atoms. The number of nitrogens with zero attached hydrogens (tertiary/aromatic N) is 2. The second kappa shape index (κ2) is 7.63. The van der Waals surface area contributed by atoms with Crippen molar-refractivity contribution in [3.63, 3.8) is 0 Å². The van der Waals surface area contributed by atoms with Gasteiger partial charge < -0.3 is 14.6 Å². The number of aromatic nitrogens is 2. The SMILES string of the molecule is O=c1cc(CCO)n2c(n1)O[C@H](COc1ccc(-c3ccccc3)cc1)C2. The first kappa shape index (κ1) is 17.3. The second-order valence-electron chi connectivity index (χ2n) is 6.39. The van der Waals surface area contributed by atoms with Crippen molar-refractivity contribution < 1.29 is 14.6 Å². The lowest BCUT2D eigenvalue weighted by Crippen LogP contribution is -2.23. The molecular weight excluding hydrogens is 344 g/mol. The molecule has 6 heteroatoms. The van der Waals surface area contributed by atoms with Crippen LogP contribution in [0.15, 0.2) is 65.5 Å². The third-order valence-electron chi connectivity index (χ3n) is 4.50. The van der Waals surface area contributed by atoms with Gasteiger partial charge in [0, 0.05) is 24.8 Å². The largest absolute Gasteiger partial charge is 0.490 e. The van der Waals surface area contributed by atoms with Gasteiger partial charge >= 0.3 is 0 Å². The summed E-state index contributed by atoms with van der Waals surface area (Å²) in [5, 5.41) is 9.16. The minimum absolute atomic E-state index is 0.0299. The highest BCUT2D eigenvalue weighted by atomic mass is 16.6. The zero-order valence-corrected chi connectivity index (χ0v) is 14.7. The first-order valence-corrected chi connectivity index (χ1v) is 8.89. The number of rotatable bonds is 6. The minimum atomic E-state index is -0.359. The first-order valence-electron chi connectivity index (χ1n) is 8.89. The van der Waals surface area contributed by atoms with Crippen molar-refractivity contribution in [2.45, 2.75) is 19.1 Å². The summed E-state index contributed by atoms with van der Waals surface area (Å²) in [7, 11) is 0. The van der Waals surface area contributed by atoms with E-state index in [1.165, 1.54) is 6.07 Å². The van der Waals surface area contributed by atoms with Gasteiger partial charge in [-0.25, -0.2) is 0 Å². The Hall–Kier alpha value is -3.12. The van der Waals surface area contributed by atoms with Gasteiger partial charge in [-0.2, -0.15) is 4.98 Å². The molecule has 0 fully saturated rings. The van der Waals surface area contributed by atoms with Crippen molar-refractivity contribution in [1.82, 2.24) is 9.55 Å². The van der Waals surface area contributed by atoms with Crippen LogP contribution in [-0.4, -0.2) is 34.0 Å². The van der Waals surface area contributed by atoms with E-state index in [-0.39, 0.29) is 18.3 Å². The molecule has 0 aliphatic carbocycles. The van der Waals surface area contributed by atoms with Gasteiger partial charge in [0.15, 0.2) is 6.10 Å². The topological polar surface area (TPSA) is 73.6 Å². The number of benzene rings is 2. The van der Waals surface area contributed by atoms with E-state index in [1.54, 1.807) is 0 Å². The summed E-state index contributed by atoms with van der Waals surface area (Å²) in [5.41, 5.74) is 2.65. The molecule has 27 heavy (non-hydrogen) atoms. The molecule has 3 aromatic rings. The Balaban J connectivity index is 1.40. The Labute approximate surface area is 156 Å². The lowest BCUT2D eigenvalue weighted by atomic mass is 10.1. The molecule has 1 aliphatic rings. The van der Waals surface area contributed by atoms with Gasteiger partial charge in [0.25, 0.3) is 11.6 Å². The number of aliphatic hydroxyl groups excluding tert-OH is 1. The molecule has 4 rings (SSSR count). The summed E-state index contributed by atoms with van der Waals surface area (Å²) in [5.74, 6) is 0.757. The molecule has 1 aromatic heterocycles. The Morgan fingerprint density at radius 3 is 2.59 bits per heavy atom. The van der Waals surface area contributed by atoms with Crippen LogP contribution in [0, 0.1) is 0 Å². The van der Waals surface area contributed by atoms with Crippen LogP contribution in [0.4, 0.5) is 0 Å². The Morgan fingerprint density at radius 2 is 1.85 bits per heavy atom. The lowest BCUT2D eigenvalue weighted by molar-refractivity contribution is 0.143. The van der Waals surface area contributed by atoms with E-state index in [4.69, 9.17) is 14.6 Å². The second-order valence-corrected chi connectivity index (χ2v) is 6.39. The molecule has 1 N–H and O–H groups in total. The van der Waals surface area contributed by atoms with Crippen molar-refractivity contribution in [2.75, 3.05) is 13.2 Å². The minimum Gasteiger partial charge on any atom is -0.490 e. The average molecular weight is 364 g/mol. The molecule has 1 aliphatic heterocycles. The third-order valence-corrected chi connectivity index (χ3v) is 4.50. The number of hydrogen-bond donors (Lipinski definition) is 1. The van der Waals surface area contributed by atoms with Crippen molar-refractivity contribution in [3.05, 3.63) is 76.7 Å². The van der Waals surface area contributed by atoms with Gasteiger partial charge in [-0.3, -0.25) is 9.36 Å². The highest BCUT2D eigenvalue weighted by Crippen LogP contribution is 2.24. The van der Waals surface area contributed by atoms with E-state index < -0.39 is 0 Å². The van der Waals surface area contributed by atoms with Crippen LogP contribution >= 0.6 is 0 Å². The van der Waals surface area contributed by atoms with E-state index in [9.17, 15) is 4.79 Å². The van der Waals surface area contributed by atoms with Gasteiger partial charge in [0.05, 0.1) is 6.54 Å². The van der Waals surface area contributed by atoms with Crippen molar-refractivity contribution in [2.24, 2.45) is 0 Å². The van der Waals surface area contributed by atoms with E-state index in [0.717, 1.165) is 22.6 Å². The van der Waals surface area contributed by atoms with E-state index in [1.807, 2.05) is 47.0 Å². The normalized spacial score (nSPS) is 15.2. The Morgan fingerprint density at radius 1 is 1.11 bits per heavy atom. The van der Waals surface area contributed by atoms with Crippen LogP contribution in [0.1, 0.15) is 5.69 Å². The van der Waals surface area contributed by atoms with Crippen LogP contribution < -0.4 is 15.0 Å². The molecule has 0 spiro atoms. The predicted molar refractivity (Wildman–Crippen MR) is 101 cm³/mol. The van der Waals surface area contributed by atoms with Crippen molar-refractivity contribution in [3.8, 4) is 22.9 Å². The average Bonchev–Trinajstić information content (AvgIpc) is 3.11. The van der Waals surface area contributed by atoms with Gasteiger partial charge in [0.1, 0.15) is 12.4 Å². The fraction of sp³-hybridized carbons (Fsp3) is 0.238. The number of fused-ring (bicyclic) bond motifs is 1. The van der Waals surface area contributed by atoms with Crippen LogP contribution in [0.25, 0.3) is 11.1 Å². The fourth-order valence-corrected chi connectivity index (χ4v) is 3.18. The molecule has 1 atom stereocenters. The van der Waals surface area contributed by atoms with Crippen LogP contribution in [-0.2, 0) is 13.0 Å². The number of hydrogen-bond acceptors (Lipinski definition) is 5. The maximum absolute atomic E-state index is 11.6.